The lowest BCUT2D eigenvalue weighted by Crippen LogP contribution is -2.46. The van der Waals surface area contributed by atoms with Crippen LogP contribution in [0.15, 0.2) is 48.5 Å². The summed E-state index contributed by atoms with van der Waals surface area (Å²) in [5.41, 5.74) is 3.50. The van der Waals surface area contributed by atoms with Gasteiger partial charge in [0.1, 0.15) is 0 Å². The fourth-order valence-corrected chi connectivity index (χ4v) is 6.41. The molecule has 3 aromatic rings. The molecule has 1 aromatic heterocycles. The van der Waals surface area contributed by atoms with E-state index in [1.54, 1.807) is 0 Å². The van der Waals surface area contributed by atoms with Gasteiger partial charge in [-0.3, -0.25) is 0 Å². The summed E-state index contributed by atoms with van der Waals surface area (Å²) in [4.78, 5) is 37.0. The van der Waals surface area contributed by atoms with Crippen molar-refractivity contribution < 1.29 is 9.53 Å². The number of ether oxygens (including phenoxy) is 1. The van der Waals surface area contributed by atoms with Crippen molar-refractivity contribution in [1.29, 1.82) is 0 Å². The highest BCUT2D eigenvalue weighted by atomic mass is 16.5. The molecule has 2 amide bonds. The van der Waals surface area contributed by atoms with Crippen LogP contribution in [0.25, 0.3) is 11.4 Å². The highest BCUT2D eigenvalue weighted by Gasteiger charge is 2.31. The number of rotatable bonds is 7. The SMILES string of the molecule is CCN1CCN(c2ccc(NC(=O)Nc3ccc(-c4nc(N5CCOC[C@H]5C)nc(N5[C@H](C)CC[C@@H]5C)n4)cc3)cc2)CC1. The molecular formula is C33H45N9O2. The third kappa shape index (κ3) is 6.73. The van der Waals surface area contributed by atoms with Crippen molar-refractivity contribution in [3.05, 3.63) is 48.5 Å². The molecule has 234 valence electrons. The highest BCUT2D eigenvalue weighted by Crippen LogP contribution is 2.31. The summed E-state index contributed by atoms with van der Waals surface area (Å²) in [5.74, 6) is 2.03. The lowest BCUT2D eigenvalue weighted by Gasteiger charge is -2.35. The predicted octanol–water partition coefficient (Wildman–Crippen LogP) is 4.93. The van der Waals surface area contributed by atoms with Crippen molar-refractivity contribution in [1.82, 2.24) is 19.9 Å². The summed E-state index contributed by atoms with van der Waals surface area (Å²) in [5, 5.41) is 5.89. The van der Waals surface area contributed by atoms with Crippen LogP contribution in [0.2, 0.25) is 0 Å². The fraction of sp³-hybridized carbons (Fsp3) is 0.515. The molecule has 3 saturated heterocycles. The zero-order chi connectivity index (χ0) is 30.6. The third-order valence-corrected chi connectivity index (χ3v) is 9.13. The first-order chi connectivity index (χ1) is 21.4. The van der Waals surface area contributed by atoms with Crippen LogP contribution >= 0.6 is 0 Å². The molecule has 3 aliphatic rings. The summed E-state index contributed by atoms with van der Waals surface area (Å²) in [7, 11) is 0. The Morgan fingerprint density at radius 1 is 0.795 bits per heavy atom. The Labute approximate surface area is 260 Å². The van der Waals surface area contributed by atoms with Crippen LogP contribution < -0.4 is 25.3 Å². The molecule has 11 heteroatoms. The average Bonchev–Trinajstić information content (AvgIpc) is 3.39. The van der Waals surface area contributed by atoms with Crippen LogP contribution in [0, 0.1) is 0 Å². The molecule has 2 aromatic carbocycles. The van der Waals surface area contributed by atoms with E-state index >= 15 is 0 Å². The Kier molecular flexibility index (Phi) is 9.13. The molecule has 0 bridgehead atoms. The van der Waals surface area contributed by atoms with Crippen molar-refractivity contribution in [3.63, 3.8) is 0 Å². The quantitative estimate of drug-likeness (QED) is 0.392. The van der Waals surface area contributed by atoms with Gasteiger partial charge in [-0.2, -0.15) is 15.0 Å². The van der Waals surface area contributed by atoms with Crippen LogP contribution in [0.5, 0.6) is 0 Å². The molecule has 0 spiro atoms. The molecule has 0 unspecified atom stereocenters. The zero-order valence-electron chi connectivity index (χ0n) is 26.4. The Hall–Kier alpha value is -3.96. The summed E-state index contributed by atoms with van der Waals surface area (Å²) in [6.45, 7) is 16.2. The molecule has 3 fully saturated rings. The maximum Gasteiger partial charge on any atom is 0.323 e. The number of carbonyl (C=O) groups is 1. The molecule has 4 heterocycles. The third-order valence-electron chi connectivity index (χ3n) is 9.13. The number of likely N-dealkylation sites (N-methyl/N-ethyl adjacent to an activating group) is 1. The fourth-order valence-electron chi connectivity index (χ4n) is 6.41. The largest absolute Gasteiger partial charge is 0.377 e. The lowest BCUT2D eigenvalue weighted by molar-refractivity contribution is 0.0981. The second-order valence-electron chi connectivity index (χ2n) is 12.2. The minimum absolute atomic E-state index is 0.179. The Morgan fingerprint density at radius 3 is 2.02 bits per heavy atom. The van der Waals surface area contributed by atoms with Crippen LogP contribution in [0.4, 0.5) is 33.8 Å². The van der Waals surface area contributed by atoms with E-state index < -0.39 is 0 Å². The molecule has 6 rings (SSSR count). The summed E-state index contributed by atoms with van der Waals surface area (Å²) in [6.07, 6.45) is 2.24. The number of urea groups is 1. The van der Waals surface area contributed by atoms with Gasteiger partial charge in [-0.1, -0.05) is 6.92 Å². The van der Waals surface area contributed by atoms with E-state index in [2.05, 4.69) is 70.1 Å². The van der Waals surface area contributed by atoms with Gasteiger partial charge >= 0.3 is 6.03 Å². The number of nitrogens with zero attached hydrogens (tertiary/aromatic N) is 7. The van der Waals surface area contributed by atoms with Crippen molar-refractivity contribution in [2.24, 2.45) is 0 Å². The van der Waals surface area contributed by atoms with E-state index in [0.717, 1.165) is 69.3 Å². The summed E-state index contributed by atoms with van der Waals surface area (Å²) in [6, 6.07) is 16.4. The normalized spacial score (nSPS) is 22.7. The number of aromatic nitrogens is 3. The first-order valence-corrected chi connectivity index (χ1v) is 16.0. The number of amides is 2. The van der Waals surface area contributed by atoms with Crippen LogP contribution in [-0.2, 0) is 4.74 Å². The van der Waals surface area contributed by atoms with Gasteiger partial charge in [-0.05, 0) is 88.7 Å². The van der Waals surface area contributed by atoms with E-state index in [-0.39, 0.29) is 12.1 Å². The number of benzene rings is 2. The average molecular weight is 600 g/mol. The van der Waals surface area contributed by atoms with E-state index in [9.17, 15) is 4.79 Å². The minimum atomic E-state index is -0.287. The Balaban J connectivity index is 1.13. The second kappa shape index (κ2) is 13.4. The number of hydrogen-bond donors (Lipinski definition) is 2. The van der Waals surface area contributed by atoms with Gasteiger partial charge in [-0.15, -0.1) is 0 Å². The summed E-state index contributed by atoms with van der Waals surface area (Å²) >= 11 is 0. The number of anilines is 5. The first-order valence-electron chi connectivity index (χ1n) is 16.0. The molecular weight excluding hydrogens is 554 g/mol. The Bertz CT molecular complexity index is 1400. The zero-order valence-corrected chi connectivity index (χ0v) is 26.4. The molecule has 44 heavy (non-hydrogen) atoms. The van der Waals surface area contributed by atoms with Gasteiger partial charge in [0.25, 0.3) is 0 Å². The number of piperazine rings is 1. The molecule has 2 N–H and O–H groups in total. The van der Waals surface area contributed by atoms with E-state index in [1.165, 1.54) is 5.69 Å². The van der Waals surface area contributed by atoms with Crippen molar-refractivity contribution in [2.45, 2.75) is 58.7 Å². The van der Waals surface area contributed by atoms with E-state index in [1.807, 2.05) is 36.4 Å². The van der Waals surface area contributed by atoms with Crippen LogP contribution in [0.1, 0.15) is 40.5 Å². The molecule has 3 atom stereocenters. The topological polar surface area (TPSA) is 102 Å². The summed E-state index contributed by atoms with van der Waals surface area (Å²) < 4.78 is 5.67. The maximum absolute atomic E-state index is 12.8. The number of morpholine rings is 1. The number of nitrogens with one attached hydrogen (secondary N) is 2. The van der Waals surface area contributed by atoms with Crippen LogP contribution in [0.3, 0.4) is 0 Å². The second-order valence-corrected chi connectivity index (χ2v) is 12.2. The molecule has 3 aliphatic heterocycles. The monoisotopic (exact) mass is 599 g/mol. The smallest absolute Gasteiger partial charge is 0.323 e. The van der Waals surface area contributed by atoms with Gasteiger partial charge in [0.05, 0.1) is 19.3 Å². The van der Waals surface area contributed by atoms with Crippen molar-refractivity contribution >= 4 is 35.0 Å². The van der Waals surface area contributed by atoms with Crippen LogP contribution in [-0.4, -0.2) is 96.5 Å². The predicted molar refractivity (Wildman–Crippen MR) is 177 cm³/mol. The van der Waals surface area contributed by atoms with Crippen molar-refractivity contribution in [2.75, 3.05) is 77.8 Å². The molecule has 0 radical (unpaired) electrons. The number of carbonyl (C=O) groups excluding carboxylic acids is 1. The minimum Gasteiger partial charge on any atom is -0.377 e. The highest BCUT2D eigenvalue weighted by molar-refractivity contribution is 5.99. The van der Waals surface area contributed by atoms with Gasteiger partial charge in [0, 0.05) is 67.4 Å². The van der Waals surface area contributed by atoms with Gasteiger partial charge in [0.2, 0.25) is 11.9 Å². The van der Waals surface area contributed by atoms with Gasteiger partial charge in [0.15, 0.2) is 5.82 Å². The maximum atomic E-state index is 12.8. The standard InChI is InChI=1S/C33H45N9O2/c1-5-39-16-18-40(19-17-39)29-14-12-28(13-15-29)35-33(43)34-27-10-8-26(9-11-27)30-36-31(41-20-21-44-22-25(41)4)38-32(37-30)42-23(2)6-7-24(42)3/h8-15,23-25H,5-7,16-22H2,1-4H3,(H2,34,35,43)/t23-,24+,25-/m1/s1. The molecule has 0 aliphatic carbocycles. The van der Waals surface area contributed by atoms with E-state index in [4.69, 9.17) is 19.7 Å². The first kappa shape index (κ1) is 30.1. The number of hydrogen-bond acceptors (Lipinski definition) is 9. The molecule has 0 saturated carbocycles. The molecule has 11 nitrogen and oxygen atoms in total. The van der Waals surface area contributed by atoms with Gasteiger partial charge < -0.3 is 35.0 Å². The Morgan fingerprint density at radius 2 is 1.41 bits per heavy atom. The van der Waals surface area contributed by atoms with Gasteiger partial charge in [-0.25, -0.2) is 4.79 Å². The van der Waals surface area contributed by atoms with E-state index in [0.29, 0.717) is 42.8 Å². The van der Waals surface area contributed by atoms with Crippen molar-refractivity contribution in [3.8, 4) is 11.4 Å². The lowest BCUT2D eigenvalue weighted by atomic mass is 10.2.